The van der Waals surface area contributed by atoms with E-state index >= 15 is 0 Å². The van der Waals surface area contributed by atoms with E-state index in [-0.39, 0.29) is 12.1 Å². The Morgan fingerprint density at radius 1 is 1.32 bits per heavy atom. The molecule has 2 N–H and O–H groups in total. The maximum atomic E-state index is 12.2. The van der Waals surface area contributed by atoms with Gasteiger partial charge >= 0.3 is 6.03 Å². The second kappa shape index (κ2) is 7.11. The number of hydrogen-bond donors (Lipinski definition) is 2. The molecule has 0 aromatic heterocycles. The summed E-state index contributed by atoms with van der Waals surface area (Å²) in [6.45, 7) is 3.55. The van der Waals surface area contributed by atoms with Crippen LogP contribution >= 0.6 is 0 Å². The zero-order valence-corrected chi connectivity index (χ0v) is 13.8. The molecule has 1 heterocycles. The standard InChI is InChI=1S/C15H23N3O3S/c1-12-5-7-13(8-6-12)10-16-15(19)18-9-3-4-14(11-18)17-22(2,20)21/h5-8,14,17H,3-4,9-11H2,1-2H3,(H,16,19)/t14-/m1/s1. The van der Waals surface area contributed by atoms with Crippen molar-refractivity contribution in [1.29, 1.82) is 0 Å². The quantitative estimate of drug-likeness (QED) is 0.873. The minimum atomic E-state index is -3.24. The van der Waals surface area contributed by atoms with Crippen LogP contribution in [0, 0.1) is 6.92 Å². The Kier molecular flexibility index (Phi) is 5.42. The zero-order chi connectivity index (χ0) is 16.2. The lowest BCUT2D eigenvalue weighted by molar-refractivity contribution is 0.177. The maximum absolute atomic E-state index is 12.2. The molecule has 0 radical (unpaired) electrons. The largest absolute Gasteiger partial charge is 0.334 e. The summed E-state index contributed by atoms with van der Waals surface area (Å²) in [5.41, 5.74) is 2.22. The topological polar surface area (TPSA) is 78.5 Å². The molecule has 1 aromatic carbocycles. The van der Waals surface area contributed by atoms with Crippen LogP contribution < -0.4 is 10.0 Å². The first-order valence-corrected chi connectivity index (χ1v) is 9.28. The van der Waals surface area contributed by atoms with Gasteiger partial charge in [0.15, 0.2) is 0 Å². The van der Waals surface area contributed by atoms with E-state index in [1.807, 2.05) is 31.2 Å². The van der Waals surface area contributed by atoms with E-state index in [9.17, 15) is 13.2 Å². The van der Waals surface area contributed by atoms with E-state index in [4.69, 9.17) is 0 Å². The Morgan fingerprint density at radius 2 is 2.00 bits per heavy atom. The fraction of sp³-hybridized carbons (Fsp3) is 0.533. The van der Waals surface area contributed by atoms with Crippen LogP contribution in [0.2, 0.25) is 0 Å². The maximum Gasteiger partial charge on any atom is 0.317 e. The van der Waals surface area contributed by atoms with Crippen molar-refractivity contribution in [2.75, 3.05) is 19.3 Å². The van der Waals surface area contributed by atoms with Gasteiger partial charge in [-0.3, -0.25) is 0 Å². The molecule has 122 valence electrons. The van der Waals surface area contributed by atoms with Gasteiger partial charge in [0.2, 0.25) is 10.0 Å². The number of rotatable bonds is 4. The summed E-state index contributed by atoms with van der Waals surface area (Å²) in [7, 11) is -3.24. The van der Waals surface area contributed by atoms with Crippen LogP contribution in [0.3, 0.4) is 0 Å². The first-order valence-electron chi connectivity index (χ1n) is 7.39. The molecule has 0 saturated carbocycles. The summed E-state index contributed by atoms with van der Waals surface area (Å²) >= 11 is 0. The molecular formula is C15H23N3O3S. The van der Waals surface area contributed by atoms with Gasteiger partial charge in [-0.15, -0.1) is 0 Å². The van der Waals surface area contributed by atoms with Gasteiger partial charge in [0.25, 0.3) is 0 Å². The van der Waals surface area contributed by atoms with Crippen LogP contribution in [-0.4, -0.2) is 44.7 Å². The van der Waals surface area contributed by atoms with E-state index in [1.165, 1.54) is 5.56 Å². The first kappa shape index (κ1) is 16.8. The highest BCUT2D eigenvalue weighted by Crippen LogP contribution is 2.11. The third kappa shape index (κ3) is 5.31. The Morgan fingerprint density at radius 3 is 2.64 bits per heavy atom. The van der Waals surface area contributed by atoms with Gasteiger partial charge in [0.1, 0.15) is 0 Å². The van der Waals surface area contributed by atoms with Crippen LogP contribution in [0.1, 0.15) is 24.0 Å². The monoisotopic (exact) mass is 325 g/mol. The summed E-state index contributed by atoms with van der Waals surface area (Å²) in [5.74, 6) is 0. The smallest absolute Gasteiger partial charge is 0.317 e. The fourth-order valence-electron chi connectivity index (χ4n) is 2.56. The van der Waals surface area contributed by atoms with Crippen LogP contribution in [-0.2, 0) is 16.6 Å². The number of urea groups is 1. The number of piperidine rings is 1. The Bertz CT molecular complexity index is 613. The molecule has 1 fully saturated rings. The summed E-state index contributed by atoms with van der Waals surface area (Å²) in [6.07, 6.45) is 2.70. The number of nitrogens with zero attached hydrogens (tertiary/aromatic N) is 1. The van der Waals surface area contributed by atoms with Gasteiger partial charge in [0.05, 0.1) is 6.26 Å². The van der Waals surface area contributed by atoms with Crippen molar-refractivity contribution in [2.24, 2.45) is 0 Å². The van der Waals surface area contributed by atoms with Gasteiger partial charge < -0.3 is 10.2 Å². The normalized spacial score (nSPS) is 19.0. The molecule has 0 aliphatic carbocycles. The van der Waals surface area contributed by atoms with E-state index in [0.717, 1.165) is 24.7 Å². The van der Waals surface area contributed by atoms with Crippen LogP contribution in [0.15, 0.2) is 24.3 Å². The summed E-state index contributed by atoms with van der Waals surface area (Å²) in [6, 6.07) is 7.64. The third-order valence-electron chi connectivity index (χ3n) is 3.65. The second-order valence-corrected chi connectivity index (χ2v) is 7.60. The van der Waals surface area contributed by atoms with Gasteiger partial charge in [-0.05, 0) is 25.3 Å². The number of amides is 2. The lowest BCUT2D eigenvalue weighted by Crippen LogP contribution is -2.51. The van der Waals surface area contributed by atoms with E-state index in [1.54, 1.807) is 4.90 Å². The van der Waals surface area contributed by atoms with Crippen molar-refractivity contribution < 1.29 is 13.2 Å². The van der Waals surface area contributed by atoms with E-state index in [2.05, 4.69) is 10.0 Å². The molecule has 6 nitrogen and oxygen atoms in total. The predicted octanol–water partition coefficient (Wildman–Crippen LogP) is 1.22. The van der Waals surface area contributed by atoms with Crippen molar-refractivity contribution in [1.82, 2.24) is 14.9 Å². The lowest BCUT2D eigenvalue weighted by atomic mass is 10.1. The number of carbonyl (C=O) groups is 1. The number of benzene rings is 1. The van der Waals surface area contributed by atoms with Gasteiger partial charge in [0, 0.05) is 25.7 Å². The summed E-state index contributed by atoms with van der Waals surface area (Å²) in [5, 5.41) is 2.88. The number of nitrogens with one attached hydrogen (secondary N) is 2. The molecule has 0 spiro atoms. The van der Waals surface area contributed by atoms with Crippen LogP contribution in [0.25, 0.3) is 0 Å². The van der Waals surface area contributed by atoms with E-state index < -0.39 is 10.0 Å². The van der Waals surface area contributed by atoms with Gasteiger partial charge in [-0.25, -0.2) is 17.9 Å². The molecule has 0 unspecified atom stereocenters. The second-order valence-electron chi connectivity index (χ2n) is 5.82. The molecule has 22 heavy (non-hydrogen) atoms. The highest BCUT2D eigenvalue weighted by atomic mass is 32.2. The molecule has 1 atom stereocenters. The third-order valence-corrected chi connectivity index (χ3v) is 4.42. The average Bonchev–Trinajstić information content (AvgIpc) is 2.45. The molecule has 7 heteroatoms. The van der Waals surface area contributed by atoms with Crippen molar-refractivity contribution in [3.8, 4) is 0 Å². The highest BCUT2D eigenvalue weighted by molar-refractivity contribution is 7.88. The lowest BCUT2D eigenvalue weighted by Gasteiger charge is -2.32. The molecule has 1 saturated heterocycles. The minimum absolute atomic E-state index is 0.152. The highest BCUT2D eigenvalue weighted by Gasteiger charge is 2.25. The molecule has 1 aliphatic heterocycles. The minimum Gasteiger partial charge on any atom is -0.334 e. The van der Waals surface area contributed by atoms with Gasteiger partial charge in [-0.2, -0.15) is 0 Å². The molecule has 2 amide bonds. The predicted molar refractivity (Wildman–Crippen MR) is 86.0 cm³/mol. The first-order chi connectivity index (χ1) is 10.3. The van der Waals surface area contributed by atoms with Crippen molar-refractivity contribution in [3.05, 3.63) is 35.4 Å². The number of hydrogen-bond acceptors (Lipinski definition) is 3. The Balaban J connectivity index is 1.85. The number of likely N-dealkylation sites (tertiary alicyclic amines) is 1. The fourth-order valence-corrected chi connectivity index (χ4v) is 3.35. The summed E-state index contributed by atoms with van der Waals surface area (Å²) < 4.78 is 25.1. The molecular weight excluding hydrogens is 302 g/mol. The van der Waals surface area contributed by atoms with Gasteiger partial charge in [-0.1, -0.05) is 29.8 Å². The number of aryl methyl sites for hydroxylation is 1. The number of sulfonamides is 1. The Hall–Kier alpha value is -1.60. The van der Waals surface area contributed by atoms with Crippen molar-refractivity contribution in [2.45, 2.75) is 32.4 Å². The van der Waals surface area contributed by atoms with E-state index in [0.29, 0.717) is 19.6 Å². The zero-order valence-electron chi connectivity index (χ0n) is 13.0. The van der Waals surface area contributed by atoms with Crippen molar-refractivity contribution >= 4 is 16.1 Å². The van der Waals surface area contributed by atoms with Crippen molar-refractivity contribution in [3.63, 3.8) is 0 Å². The molecule has 0 bridgehead atoms. The number of carbonyl (C=O) groups excluding carboxylic acids is 1. The molecule has 2 rings (SSSR count). The average molecular weight is 325 g/mol. The van der Waals surface area contributed by atoms with Crippen LogP contribution in [0.5, 0.6) is 0 Å². The Labute approximate surface area is 131 Å². The summed E-state index contributed by atoms with van der Waals surface area (Å²) in [4.78, 5) is 13.9. The van der Waals surface area contributed by atoms with Crippen LogP contribution in [0.4, 0.5) is 4.79 Å². The SMILES string of the molecule is Cc1ccc(CNC(=O)N2CCC[C@@H](NS(C)(=O)=O)C2)cc1. The molecule has 1 aromatic rings. The molecule has 1 aliphatic rings.